The summed E-state index contributed by atoms with van der Waals surface area (Å²) in [7, 11) is 0. The molecule has 114 valence electrons. The molecule has 1 aromatic heterocycles. The quantitative estimate of drug-likeness (QED) is 0.888. The van der Waals surface area contributed by atoms with Gasteiger partial charge in [-0.15, -0.1) is 0 Å². The maximum absolute atomic E-state index is 11.9. The highest BCUT2D eigenvalue weighted by molar-refractivity contribution is 5.96. The molecular formula is C16H17N3O3. The van der Waals surface area contributed by atoms with E-state index in [1.165, 1.54) is 0 Å². The zero-order valence-corrected chi connectivity index (χ0v) is 12.2. The van der Waals surface area contributed by atoms with Crippen LogP contribution in [-0.4, -0.2) is 23.0 Å². The Hall–Kier alpha value is -2.89. The van der Waals surface area contributed by atoms with Gasteiger partial charge in [0.25, 0.3) is 0 Å². The second-order valence-corrected chi connectivity index (χ2v) is 4.65. The molecule has 0 saturated carbocycles. The van der Waals surface area contributed by atoms with Crippen LogP contribution >= 0.6 is 0 Å². The van der Waals surface area contributed by atoms with Gasteiger partial charge in [0, 0.05) is 18.1 Å². The zero-order valence-electron chi connectivity index (χ0n) is 12.2. The van der Waals surface area contributed by atoms with Crippen LogP contribution in [0, 0.1) is 0 Å². The van der Waals surface area contributed by atoms with Crippen molar-refractivity contribution in [3.63, 3.8) is 0 Å². The van der Waals surface area contributed by atoms with Gasteiger partial charge in [0.05, 0.1) is 0 Å². The Kier molecular flexibility index (Phi) is 5.48. The predicted molar refractivity (Wildman–Crippen MR) is 82.1 cm³/mol. The van der Waals surface area contributed by atoms with Crippen molar-refractivity contribution >= 4 is 17.7 Å². The number of hydrogen-bond acceptors (Lipinski definition) is 4. The molecule has 0 fully saturated rings. The number of carbonyl (C=O) groups is 2. The summed E-state index contributed by atoms with van der Waals surface area (Å²) in [6, 6.07) is 11.9. The van der Waals surface area contributed by atoms with Crippen LogP contribution in [0.5, 0.6) is 0 Å². The molecule has 6 heteroatoms. The first kappa shape index (κ1) is 15.5. The van der Waals surface area contributed by atoms with Gasteiger partial charge in [-0.3, -0.25) is 9.78 Å². The fourth-order valence-electron chi connectivity index (χ4n) is 1.69. The number of aromatic nitrogens is 1. The molecule has 1 heterocycles. The molecule has 0 aliphatic carbocycles. The van der Waals surface area contributed by atoms with Gasteiger partial charge in [0.1, 0.15) is 12.6 Å². The van der Waals surface area contributed by atoms with Crippen molar-refractivity contribution in [3.8, 4) is 0 Å². The molecule has 2 aromatic rings. The van der Waals surface area contributed by atoms with Crippen LogP contribution in [0.1, 0.15) is 12.5 Å². The molecule has 1 atom stereocenters. The van der Waals surface area contributed by atoms with Gasteiger partial charge in [-0.25, -0.2) is 4.79 Å². The maximum atomic E-state index is 11.9. The van der Waals surface area contributed by atoms with Crippen molar-refractivity contribution in [2.45, 2.75) is 19.6 Å². The van der Waals surface area contributed by atoms with E-state index in [2.05, 4.69) is 15.6 Å². The number of benzene rings is 1. The van der Waals surface area contributed by atoms with Gasteiger partial charge in [-0.05, 0) is 24.6 Å². The lowest BCUT2D eigenvalue weighted by Crippen LogP contribution is -2.41. The molecule has 0 bridgehead atoms. The first-order valence-electron chi connectivity index (χ1n) is 6.83. The minimum absolute atomic E-state index is 0.158. The van der Waals surface area contributed by atoms with Crippen molar-refractivity contribution in [2.24, 2.45) is 0 Å². The Bertz CT molecular complexity index is 617. The number of anilines is 1. The molecule has 6 nitrogen and oxygen atoms in total. The number of carbonyl (C=O) groups excluding carboxylic acids is 2. The maximum Gasteiger partial charge on any atom is 0.408 e. The number of nitrogens with one attached hydrogen (secondary N) is 2. The smallest absolute Gasteiger partial charge is 0.408 e. The third kappa shape index (κ3) is 4.90. The molecule has 2 rings (SSSR count). The summed E-state index contributed by atoms with van der Waals surface area (Å²) < 4.78 is 5.06. The van der Waals surface area contributed by atoms with Crippen LogP contribution in [0.3, 0.4) is 0 Å². The number of nitrogens with zero attached hydrogens (tertiary/aromatic N) is 1. The minimum Gasteiger partial charge on any atom is -0.445 e. The fraction of sp³-hybridized carbons (Fsp3) is 0.188. The predicted octanol–water partition coefficient (Wildman–Crippen LogP) is 2.33. The number of hydrogen-bond donors (Lipinski definition) is 2. The standard InChI is InChI=1S/C16H17N3O3/c1-12(15(20)19-14-7-9-17-10-8-14)18-16(21)22-11-13-5-3-2-4-6-13/h2-10,12H,11H2,1H3,(H,18,21)(H,17,19,20)/t12-/m0/s1. The monoisotopic (exact) mass is 299 g/mol. The van der Waals surface area contributed by atoms with Crippen LogP contribution in [0.2, 0.25) is 0 Å². The Morgan fingerprint density at radius 2 is 1.82 bits per heavy atom. The number of rotatable bonds is 5. The van der Waals surface area contributed by atoms with Crippen LogP contribution < -0.4 is 10.6 Å². The molecule has 0 radical (unpaired) electrons. The topological polar surface area (TPSA) is 80.3 Å². The first-order valence-corrected chi connectivity index (χ1v) is 6.83. The Balaban J connectivity index is 1.77. The second-order valence-electron chi connectivity index (χ2n) is 4.65. The molecule has 0 aliphatic rings. The molecular weight excluding hydrogens is 282 g/mol. The lowest BCUT2D eigenvalue weighted by molar-refractivity contribution is -0.117. The lowest BCUT2D eigenvalue weighted by atomic mass is 10.2. The molecule has 2 N–H and O–H groups in total. The van der Waals surface area contributed by atoms with Gasteiger partial charge in [0.2, 0.25) is 5.91 Å². The number of amides is 2. The SMILES string of the molecule is C[C@H](NC(=O)OCc1ccccc1)C(=O)Nc1ccncc1. The zero-order chi connectivity index (χ0) is 15.8. The van der Waals surface area contributed by atoms with E-state index in [-0.39, 0.29) is 12.5 Å². The lowest BCUT2D eigenvalue weighted by Gasteiger charge is -2.14. The van der Waals surface area contributed by atoms with E-state index in [1.54, 1.807) is 31.5 Å². The van der Waals surface area contributed by atoms with Gasteiger partial charge in [-0.2, -0.15) is 0 Å². The molecule has 1 aromatic carbocycles. The van der Waals surface area contributed by atoms with E-state index in [0.717, 1.165) is 5.56 Å². The minimum atomic E-state index is -0.712. The van der Waals surface area contributed by atoms with Crippen LogP contribution in [0.25, 0.3) is 0 Å². The van der Waals surface area contributed by atoms with Crippen LogP contribution in [0.15, 0.2) is 54.9 Å². The van der Waals surface area contributed by atoms with Gasteiger partial charge in [-0.1, -0.05) is 30.3 Å². The van der Waals surface area contributed by atoms with E-state index in [0.29, 0.717) is 5.69 Å². The average molecular weight is 299 g/mol. The van der Waals surface area contributed by atoms with E-state index in [1.807, 2.05) is 30.3 Å². The number of alkyl carbamates (subject to hydrolysis) is 1. The van der Waals surface area contributed by atoms with E-state index >= 15 is 0 Å². The molecule has 0 spiro atoms. The van der Waals surface area contributed by atoms with Crippen LogP contribution in [0.4, 0.5) is 10.5 Å². The molecule has 2 amide bonds. The summed E-state index contributed by atoms with van der Waals surface area (Å²) in [6.07, 6.45) is 2.50. The summed E-state index contributed by atoms with van der Waals surface area (Å²) >= 11 is 0. The van der Waals surface area contributed by atoms with Crippen molar-refractivity contribution < 1.29 is 14.3 Å². The number of pyridine rings is 1. The summed E-state index contributed by atoms with van der Waals surface area (Å²) in [4.78, 5) is 27.4. The van der Waals surface area contributed by atoms with Crippen LogP contribution in [-0.2, 0) is 16.1 Å². The van der Waals surface area contributed by atoms with Crippen molar-refractivity contribution in [3.05, 3.63) is 60.4 Å². The number of ether oxygens (including phenoxy) is 1. The Labute approximate surface area is 128 Å². The van der Waals surface area contributed by atoms with Gasteiger partial charge in [0.15, 0.2) is 0 Å². The average Bonchev–Trinajstić information content (AvgIpc) is 2.55. The highest BCUT2D eigenvalue weighted by Crippen LogP contribution is 2.04. The van der Waals surface area contributed by atoms with E-state index < -0.39 is 12.1 Å². The van der Waals surface area contributed by atoms with Crippen molar-refractivity contribution in [1.29, 1.82) is 0 Å². The van der Waals surface area contributed by atoms with E-state index in [9.17, 15) is 9.59 Å². The molecule has 0 unspecified atom stereocenters. The van der Waals surface area contributed by atoms with Crippen molar-refractivity contribution in [1.82, 2.24) is 10.3 Å². The third-order valence-electron chi connectivity index (χ3n) is 2.89. The Morgan fingerprint density at radius 1 is 1.14 bits per heavy atom. The molecule has 0 saturated heterocycles. The summed E-state index contributed by atoms with van der Waals surface area (Å²) in [5.41, 5.74) is 1.50. The largest absolute Gasteiger partial charge is 0.445 e. The Morgan fingerprint density at radius 3 is 2.50 bits per heavy atom. The first-order chi connectivity index (χ1) is 10.6. The summed E-state index contributed by atoms with van der Waals surface area (Å²) in [5.74, 6) is -0.331. The van der Waals surface area contributed by atoms with Gasteiger partial charge < -0.3 is 15.4 Å². The summed E-state index contributed by atoms with van der Waals surface area (Å²) in [5, 5.41) is 5.15. The van der Waals surface area contributed by atoms with E-state index in [4.69, 9.17) is 4.74 Å². The highest BCUT2D eigenvalue weighted by atomic mass is 16.5. The van der Waals surface area contributed by atoms with Gasteiger partial charge >= 0.3 is 6.09 Å². The molecule has 0 aliphatic heterocycles. The normalized spacial score (nSPS) is 11.3. The summed E-state index contributed by atoms with van der Waals surface area (Å²) in [6.45, 7) is 1.74. The van der Waals surface area contributed by atoms with Crippen molar-refractivity contribution in [2.75, 3.05) is 5.32 Å². The highest BCUT2D eigenvalue weighted by Gasteiger charge is 2.16. The molecule has 22 heavy (non-hydrogen) atoms. The fourth-order valence-corrected chi connectivity index (χ4v) is 1.69. The second kappa shape index (κ2) is 7.78. The third-order valence-corrected chi connectivity index (χ3v) is 2.89.